The Morgan fingerprint density at radius 3 is 2.55 bits per heavy atom. The molecule has 1 aromatic heterocycles. The Balaban J connectivity index is 1.67. The van der Waals surface area contributed by atoms with Crippen molar-refractivity contribution in [3.05, 3.63) is 94.8 Å². The number of sulfonamides is 1. The van der Waals surface area contributed by atoms with Crippen LogP contribution in [0, 0.1) is 5.82 Å². The molecule has 0 aliphatic carbocycles. The number of rotatable bonds is 6. The van der Waals surface area contributed by atoms with Crippen LogP contribution in [0.25, 0.3) is 10.9 Å². The van der Waals surface area contributed by atoms with Gasteiger partial charge in [-0.05, 0) is 42.0 Å². The average molecular weight is 439 g/mol. The Morgan fingerprint density at radius 2 is 1.84 bits per heavy atom. The molecule has 0 aliphatic rings. The van der Waals surface area contributed by atoms with Crippen LogP contribution in [0.4, 0.5) is 10.1 Å². The van der Waals surface area contributed by atoms with Gasteiger partial charge in [-0.15, -0.1) is 0 Å². The van der Waals surface area contributed by atoms with Gasteiger partial charge in [-0.3, -0.25) is 14.1 Å². The molecule has 7 nitrogen and oxygen atoms in total. The fourth-order valence-electron chi connectivity index (χ4n) is 3.14. The first-order valence-corrected chi connectivity index (χ1v) is 10.8. The van der Waals surface area contributed by atoms with E-state index in [-0.39, 0.29) is 27.3 Å². The van der Waals surface area contributed by atoms with Crippen molar-refractivity contribution in [3.63, 3.8) is 0 Å². The highest BCUT2D eigenvalue weighted by molar-refractivity contribution is 7.92. The highest BCUT2D eigenvalue weighted by Crippen LogP contribution is 2.23. The minimum atomic E-state index is -4.08. The second-order valence-corrected chi connectivity index (χ2v) is 8.48. The van der Waals surface area contributed by atoms with Crippen LogP contribution < -0.4 is 15.0 Å². The van der Waals surface area contributed by atoms with E-state index in [1.807, 2.05) is 30.3 Å². The van der Waals surface area contributed by atoms with E-state index >= 15 is 0 Å². The SMILES string of the molecule is COc1ccc(S(=O)(=O)Nc2ccc3ncn(Cc4ccccc4)c(=O)c3c2)cc1F. The van der Waals surface area contributed by atoms with Gasteiger partial charge >= 0.3 is 0 Å². The van der Waals surface area contributed by atoms with Gasteiger partial charge in [0.25, 0.3) is 15.6 Å². The zero-order valence-electron chi connectivity index (χ0n) is 16.4. The van der Waals surface area contributed by atoms with Crippen molar-refractivity contribution in [2.24, 2.45) is 0 Å². The fourth-order valence-corrected chi connectivity index (χ4v) is 4.20. The van der Waals surface area contributed by atoms with Crippen molar-refractivity contribution < 1.29 is 17.5 Å². The first-order chi connectivity index (χ1) is 14.9. The van der Waals surface area contributed by atoms with E-state index < -0.39 is 15.8 Å². The van der Waals surface area contributed by atoms with Crippen molar-refractivity contribution >= 4 is 26.6 Å². The molecule has 0 spiro atoms. The largest absolute Gasteiger partial charge is 0.494 e. The normalized spacial score (nSPS) is 11.4. The monoisotopic (exact) mass is 439 g/mol. The van der Waals surface area contributed by atoms with E-state index in [9.17, 15) is 17.6 Å². The molecule has 0 amide bonds. The van der Waals surface area contributed by atoms with Crippen molar-refractivity contribution in [2.45, 2.75) is 11.4 Å². The molecule has 0 fully saturated rings. The predicted octanol–water partition coefficient (Wildman–Crippen LogP) is 3.39. The number of nitrogens with one attached hydrogen (secondary N) is 1. The fraction of sp³-hybridized carbons (Fsp3) is 0.0909. The number of hydrogen-bond donors (Lipinski definition) is 1. The van der Waals surface area contributed by atoms with Gasteiger partial charge in [0.15, 0.2) is 11.6 Å². The molecule has 0 aliphatic heterocycles. The standard InChI is InChI=1S/C22H18FN3O4S/c1-30-21-10-8-17(12-19(21)23)31(28,29)25-16-7-9-20-18(11-16)22(27)26(14-24-20)13-15-5-3-2-4-6-15/h2-12,14,25H,13H2,1H3. The number of ether oxygens (including phenoxy) is 1. The summed E-state index contributed by atoms with van der Waals surface area (Å²) in [5.41, 5.74) is 1.24. The Bertz CT molecular complexity index is 1420. The zero-order chi connectivity index (χ0) is 22.0. The van der Waals surface area contributed by atoms with Crippen LogP contribution >= 0.6 is 0 Å². The number of halogens is 1. The Morgan fingerprint density at radius 1 is 1.06 bits per heavy atom. The van der Waals surface area contributed by atoms with Crippen LogP contribution in [0.1, 0.15) is 5.56 Å². The predicted molar refractivity (Wildman–Crippen MR) is 115 cm³/mol. The number of fused-ring (bicyclic) bond motifs is 1. The summed E-state index contributed by atoms with van der Waals surface area (Å²) < 4.78 is 47.9. The lowest BCUT2D eigenvalue weighted by Crippen LogP contribution is -2.21. The minimum absolute atomic E-state index is 0.0605. The van der Waals surface area contributed by atoms with E-state index in [1.165, 1.54) is 42.3 Å². The molecule has 0 saturated heterocycles. The summed E-state index contributed by atoms with van der Waals surface area (Å²) in [5, 5.41) is 0.263. The molecular weight excluding hydrogens is 421 g/mol. The average Bonchev–Trinajstić information content (AvgIpc) is 2.76. The van der Waals surface area contributed by atoms with Gasteiger partial charge < -0.3 is 4.74 Å². The maximum atomic E-state index is 13.9. The number of hydrogen-bond acceptors (Lipinski definition) is 5. The number of methoxy groups -OCH3 is 1. The van der Waals surface area contributed by atoms with Gasteiger partial charge in [-0.2, -0.15) is 0 Å². The summed E-state index contributed by atoms with van der Waals surface area (Å²) in [7, 11) is -2.79. The molecule has 1 N–H and O–H groups in total. The summed E-state index contributed by atoms with van der Waals surface area (Å²) in [4.78, 5) is 16.9. The van der Waals surface area contributed by atoms with E-state index in [1.54, 1.807) is 6.07 Å². The van der Waals surface area contributed by atoms with Crippen LogP contribution in [0.5, 0.6) is 5.75 Å². The Hall–Kier alpha value is -3.72. The molecule has 31 heavy (non-hydrogen) atoms. The van der Waals surface area contributed by atoms with Crippen molar-refractivity contribution in [2.75, 3.05) is 11.8 Å². The maximum absolute atomic E-state index is 13.9. The number of anilines is 1. The smallest absolute Gasteiger partial charge is 0.262 e. The van der Waals surface area contributed by atoms with Gasteiger partial charge in [0, 0.05) is 5.69 Å². The van der Waals surface area contributed by atoms with Crippen molar-refractivity contribution in [1.82, 2.24) is 9.55 Å². The van der Waals surface area contributed by atoms with Crippen LogP contribution in [-0.4, -0.2) is 25.1 Å². The summed E-state index contributed by atoms with van der Waals surface area (Å²) in [6.45, 7) is 0.337. The number of aromatic nitrogens is 2. The Kier molecular flexibility index (Phi) is 5.43. The van der Waals surface area contributed by atoms with Crippen LogP contribution in [0.3, 0.4) is 0 Å². The highest BCUT2D eigenvalue weighted by atomic mass is 32.2. The van der Waals surface area contributed by atoms with Gasteiger partial charge in [0.05, 0.1) is 35.8 Å². The molecular formula is C22H18FN3O4S. The third kappa shape index (κ3) is 4.26. The van der Waals surface area contributed by atoms with Crippen LogP contribution in [0.2, 0.25) is 0 Å². The van der Waals surface area contributed by atoms with Crippen LogP contribution in [0.15, 0.2) is 82.7 Å². The Labute approximate surface area is 177 Å². The summed E-state index contributed by atoms with van der Waals surface area (Å²) >= 11 is 0. The zero-order valence-corrected chi connectivity index (χ0v) is 17.3. The summed E-state index contributed by atoms with van der Waals surface area (Å²) in [6.07, 6.45) is 1.46. The summed E-state index contributed by atoms with van der Waals surface area (Å²) in [5.74, 6) is -0.855. The quantitative estimate of drug-likeness (QED) is 0.497. The maximum Gasteiger partial charge on any atom is 0.262 e. The third-order valence-corrected chi connectivity index (χ3v) is 6.08. The molecule has 4 rings (SSSR count). The molecule has 3 aromatic carbocycles. The first-order valence-electron chi connectivity index (χ1n) is 9.27. The van der Waals surface area contributed by atoms with Gasteiger partial charge in [0.1, 0.15) is 0 Å². The second kappa shape index (κ2) is 8.19. The highest BCUT2D eigenvalue weighted by Gasteiger charge is 2.17. The lowest BCUT2D eigenvalue weighted by atomic mass is 10.2. The lowest BCUT2D eigenvalue weighted by molar-refractivity contribution is 0.385. The molecule has 0 bridgehead atoms. The first kappa shape index (κ1) is 20.5. The van der Waals surface area contributed by atoms with E-state index in [2.05, 4.69) is 9.71 Å². The number of benzene rings is 3. The van der Waals surface area contributed by atoms with E-state index in [4.69, 9.17) is 4.74 Å². The van der Waals surface area contributed by atoms with Gasteiger partial charge in [0.2, 0.25) is 0 Å². The van der Waals surface area contributed by atoms with Crippen LogP contribution in [-0.2, 0) is 16.6 Å². The molecule has 1 heterocycles. The number of nitrogens with zero attached hydrogens (tertiary/aromatic N) is 2. The van der Waals surface area contributed by atoms with E-state index in [0.717, 1.165) is 11.6 Å². The second-order valence-electron chi connectivity index (χ2n) is 6.80. The van der Waals surface area contributed by atoms with E-state index in [0.29, 0.717) is 12.1 Å². The van der Waals surface area contributed by atoms with Gasteiger partial charge in [-0.1, -0.05) is 30.3 Å². The molecule has 158 valence electrons. The topological polar surface area (TPSA) is 90.3 Å². The third-order valence-electron chi connectivity index (χ3n) is 4.71. The van der Waals surface area contributed by atoms with Crippen molar-refractivity contribution in [3.8, 4) is 5.75 Å². The van der Waals surface area contributed by atoms with Crippen molar-refractivity contribution in [1.29, 1.82) is 0 Å². The molecule has 0 radical (unpaired) electrons. The molecule has 0 saturated carbocycles. The molecule has 9 heteroatoms. The van der Waals surface area contributed by atoms with Gasteiger partial charge in [-0.25, -0.2) is 17.8 Å². The lowest BCUT2D eigenvalue weighted by Gasteiger charge is -2.11. The summed E-state index contributed by atoms with van der Waals surface area (Å²) in [6, 6.07) is 17.2. The molecule has 0 unspecified atom stereocenters. The minimum Gasteiger partial charge on any atom is -0.494 e. The molecule has 4 aromatic rings. The molecule has 0 atom stereocenters.